The summed E-state index contributed by atoms with van der Waals surface area (Å²) in [6.07, 6.45) is 9.85. The number of aryl methyl sites for hydroxylation is 1. The molecule has 1 amide bonds. The van der Waals surface area contributed by atoms with E-state index in [0.29, 0.717) is 31.3 Å². The fourth-order valence-corrected chi connectivity index (χ4v) is 8.54. The number of nitrogens with zero attached hydrogens (tertiary/aromatic N) is 2. The van der Waals surface area contributed by atoms with Gasteiger partial charge >= 0.3 is 0 Å². The van der Waals surface area contributed by atoms with Crippen LogP contribution in [0.5, 0.6) is 0 Å². The molecule has 0 bridgehead atoms. The molecule has 192 valence electrons. The number of carbonyl (C=O) groups is 1. The van der Waals surface area contributed by atoms with Crippen LogP contribution in [-0.4, -0.2) is 74.1 Å². The number of hydrogen-bond donors (Lipinski definition) is 1. The largest absolute Gasteiger partial charge is 0.394 e. The lowest BCUT2D eigenvalue weighted by atomic mass is 9.55. The fourth-order valence-electron chi connectivity index (χ4n) is 8.54. The highest BCUT2D eigenvalue weighted by molar-refractivity contribution is 5.78. The molecule has 2 aliphatic heterocycles. The Hall–Kier alpha value is -1.63. The Morgan fingerprint density at radius 1 is 1.11 bits per heavy atom. The minimum absolute atomic E-state index is 0.127. The van der Waals surface area contributed by atoms with E-state index in [4.69, 9.17) is 9.47 Å². The lowest BCUT2D eigenvalue weighted by Crippen LogP contribution is -2.52. The first-order valence-electron chi connectivity index (χ1n) is 14.1. The maximum atomic E-state index is 12.2. The molecule has 4 fully saturated rings. The number of carbonyl (C=O) groups excluding carboxylic acids is 1. The van der Waals surface area contributed by atoms with Gasteiger partial charge in [0.15, 0.2) is 0 Å². The van der Waals surface area contributed by atoms with Gasteiger partial charge in [0, 0.05) is 31.4 Å². The normalized spacial score (nSPS) is 35.5. The summed E-state index contributed by atoms with van der Waals surface area (Å²) in [6, 6.07) is 7.68. The smallest absolute Gasteiger partial charge is 0.248 e. The second-order valence-electron chi connectivity index (χ2n) is 11.9. The summed E-state index contributed by atoms with van der Waals surface area (Å²) in [7, 11) is 0. The van der Waals surface area contributed by atoms with Crippen molar-refractivity contribution in [2.45, 2.75) is 76.4 Å². The maximum Gasteiger partial charge on any atom is 0.248 e. The predicted octanol–water partition coefficient (Wildman–Crippen LogP) is 3.75. The van der Waals surface area contributed by atoms with Gasteiger partial charge in [0.2, 0.25) is 5.91 Å². The van der Waals surface area contributed by atoms with Crippen molar-refractivity contribution in [3.8, 4) is 0 Å². The zero-order chi connectivity index (χ0) is 24.0. The summed E-state index contributed by atoms with van der Waals surface area (Å²) in [6.45, 7) is 6.80. The zero-order valence-corrected chi connectivity index (χ0v) is 21.3. The molecule has 1 N–H and O–H groups in total. The first-order valence-corrected chi connectivity index (χ1v) is 14.1. The minimum Gasteiger partial charge on any atom is -0.394 e. The highest BCUT2D eigenvalue weighted by Crippen LogP contribution is 2.61. The molecule has 6 nitrogen and oxygen atoms in total. The number of rotatable bonds is 5. The van der Waals surface area contributed by atoms with Crippen LogP contribution >= 0.6 is 0 Å². The Bertz CT molecular complexity index is 929. The highest BCUT2D eigenvalue weighted by Gasteiger charge is 2.55. The molecular formula is C29H42N2O4. The summed E-state index contributed by atoms with van der Waals surface area (Å²) >= 11 is 0. The molecule has 35 heavy (non-hydrogen) atoms. The number of hydrogen-bond acceptors (Lipinski definition) is 5. The quantitative estimate of drug-likeness (QED) is 0.693. The number of fused-ring (bicyclic) bond motifs is 5. The Morgan fingerprint density at radius 2 is 1.97 bits per heavy atom. The van der Waals surface area contributed by atoms with E-state index in [1.54, 1.807) is 11.1 Å². The van der Waals surface area contributed by atoms with E-state index < -0.39 is 0 Å². The topological polar surface area (TPSA) is 62.2 Å². The number of piperidine rings is 1. The predicted molar refractivity (Wildman–Crippen MR) is 136 cm³/mol. The Labute approximate surface area is 209 Å². The Kier molecular flexibility index (Phi) is 6.57. The third-order valence-electron chi connectivity index (χ3n) is 10.3. The number of amides is 1. The SMILES string of the molecule is CC12CCC3c4ccc(N5CCC(N6CCOCC6=O)CC5)cc4CCC3C1CCC2OCCO. The van der Waals surface area contributed by atoms with Crippen molar-refractivity contribution in [2.24, 2.45) is 17.3 Å². The lowest BCUT2D eigenvalue weighted by Gasteiger charge is -2.50. The van der Waals surface area contributed by atoms with Crippen molar-refractivity contribution in [1.82, 2.24) is 4.90 Å². The number of aliphatic hydroxyl groups is 1. The van der Waals surface area contributed by atoms with E-state index in [9.17, 15) is 9.90 Å². The molecule has 5 aliphatic rings. The second-order valence-corrected chi connectivity index (χ2v) is 11.9. The van der Waals surface area contributed by atoms with Gasteiger partial charge in [0.1, 0.15) is 6.61 Å². The number of benzene rings is 1. The number of morpholine rings is 1. The summed E-state index contributed by atoms with van der Waals surface area (Å²) in [5.41, 5.74) is 4.83. The van der Waals surface area contributed by atoms with Crippen molar-refractivity contribution in [1.29, 1.82) is 0 Å². The summed E-state index contributed by atoms with van der Waals surface area (Å²) in [5.74, 6) is 2.38. The Balaban J connectivity index is 1.12. The Morgan fingerprint density at radius 3 is 2.77 bits per heavy atom. The van der Waals surface area contributed by atoms with Crippen molar-refractivity contribution < 1.29 is 19.4 Å². The third kappa shape index (κ3) is 4.19. The monoisotopic (exact) mass is 482 g/mol. The first kappa shape index (κ1) is 23.7. The maximum absolute atomic E-state index is 12.2. The number of aliphatic hydroxyl groups excluding tert-OH is 1. The average Bonchev–Trinajstić information content (AvgIpc) is 3.23. The van der Waals surface area contributed by atoms with E-state index in [0.717, 1.165) is 50.7 Å². The average molecular weight is 483 g/mol. The molecule has 0 radical (unpaired) electrons. The zero-order valence-electron chi connectivity index (χ0n) is 21.3. The second kappa shape index (κ2) is 9.68. The van der Waals surface area contributed by atoms with Gasteiger partial charge in [-0.05, 0) is 97.8 Å². The van der Waals surface area contributed by atoms with Crippen LogP contribution in [0.15, 0.2) is 18.2 Å². The van der Waals surface area contributed by atoms with Gasteiger partial charge < -0.3 is 24.4 Å². The molecule has 2 heterocycles. The molecule has 5 atom stereocenters. The van der Waals surface area contributed by atoms with E-state index in [1.807, 2.05) is 0 Å². The van der Waals surface area contributed by atoms with E-state index in [1.165, 1.54) is 37.8 Å². The molecule has 0 spiro atoms. The van der Waals surface area contributed by atoms with Crippen molar-refractivity contribution in [3.63, 3.8) is 0 Å². The summed E-state index contributed by atoms with van der Waals surface area (Å²) in [4.78, 5) is 16.8. The van der Waals surface area contributed by atoms with Crippen molar-refractivity contribution >= 4 is 11.6 Å². The molecule has 1 aromatic carbocycles. The van der Waals surface area contributed by atoms with Gasteiger partial charge in [-0.15, -0.1) is 0 Å². The van der Waals surface area contributed by atoms with Crippen LogP contribution in [-0.2, 0) is 20.7 Å². The van der Waals surface area contributed by atoms with Gasteiger partial charge in [0.25, 0.3) is 0 Å². The van der Waals surface area contributed by atoms with Crippen molar-refractivity contribution in [2.75, 3.05) is 51.0 Å². The molecule has 1 aromatic rings. The first-order chi connectivity index (χ1) is 17.1. The molecule has 2 saturated carbocycles. The van der Waals surface area contributed by atoms with Crippen LogP contribution in [0.2, 0.25) is 0 Å². The molecule has 6 heteroatoms. The van der Waals surface area contributed by atoms with Gasteiger partial charge in [0.05, 0.1) is 25.9 Å². The third-order valence-corrected chi connectivity index (χ3v) is 10.3. The van der Waals surface area contributed by atoms with Crippen LogP contribution in [0.4, 0.5) is 5.69 Å². The minimum atomic E-state index is 0.127. The summed E-state index contributed by atoms with van der Waals surface area (Å²) < 4.78 is 11.4. The van der Waals surface area contributed by atoms with Crippen LogP contribution in [0.25, 0.3) is 0 Å². The molecule has 2 saturated heterocycles. The van der Waals surface area contributed by atoms with Crippen LogP contribution in [0, 0.1) is 17.3 Å². The van der Waals surface area contributed by atoms with Gasteiger partial charge in [-0.2, -0.15) is 0 Å². The molecule has 3 aliphatic carbocycles. The highest BCUT2D eigenvalue weighted by atomic mass is 16.5. The van der Waals surface area contributed by atoms with E-state index >= 15 is 0 Å². The molecule has 5 unspecified atom stereocenters. The molecular weight excluding hydrogens is 440 g/mol. The van der Waals surface area contributed by atoms with E-state index in [2.05, 4.69) is 34.9 Å². The number of anilines is 1. The van der Waals surface area contributed by atoms with Crippen LogP contribution < -0.4 is 4.90 Å². The number of ether oxygens (including phenoxy) is 2. The van der Waals surface area contributed by atoms with Gasteiger partial charge in [-0.3, -0.25) is 4.79 Å². The van der Waals surface area contributed by atoms with E-state index in [-0.39, 0.29) is 24.5 Å². The van der Waals surface area contributed by atoms with Crippen LogP contribution in [0.3, 0.4) is 0 Å². The lowest BCUT2D eigenvalue weighted by molar-refractivity contribution is -0.146. The van der Waals surface area contributed by atoms with Crippen molar-refractivity contribution in [3.05, 3.63) is 29.3 Å². The van der Waals surface area contributed by atoms with Gasteiger partial charge in [-0.25, -0.2) is 0 Å². The standard InChI is InChI=1S/C29H42N2O4/c1-29-11-8-24-23-5-3-22(30-12-9-21(10-13-30)31-14-16-34-19-28(31)33)18-20(23)2-4-25(24)26(29)6-7-27(29)35-17-15-32/h3,5,18,21,24-27,32H,2,4,6-17,19H2,1H3. The van der Waals surface area contributed by atoms with Crippen LogP contribution in [0.1, 0.15) is 68.9 Å². The fraction of sp³-hybridized carbons (Fsp3) is 0.759. The van der Waals surface area contributed by atoms with Gasteiger partial charge in [-0.1, -0.05) is 13.0 Å². The molecule has 6 rings (SSSR count). The summed E-state index contributed by atoms with van der Waals surface area (Å²) in [5, 5.41) is 9.25. The molecule has 0 aromatic heterocycles.